The van der Waals surface area contributed by atoms with Gasteiger partial charge in [-0.25, -0.2) is 0 Å². The van der Waals surface area contributed by atoms with Crippen LogP contribution in [0.1, 0.15) is 32.8 Å². The molecule has 106 valence electrons. The van der Waals surface area contributed by atoms with E-state index in [2.05, 4.69) is 50.0 Å². The van der Waals surface area contributed by atoms with Crippen LogP contribution in [0.25, 0.3) is 0 Å². The maximum atomic E-state index is 5.98. The molecule has 0 fully saturated rings. The summed E-state index contributed by atoms with van der Waals surface area (Å²) in [5.74, 6) is 0. The molecule has 0 bridgehead atoms. The van der Waals surface area contributed by atoms with Gasteiger partial charge in [-0.05, 0) is 43.2 Å². The molecule has 1 aromatic rings. The number of benzene rings is 1. The number of fused-ring (bicyclic) bond motifs is 1. The molecule has 1 aromatic carbocycles. The van der Waals surface area contributed by atoms with Gasteiger partial charge in [-0.1, -0.05) is 26.0 Å². The van der Waals surface area contributed by atoms with Gasteiger partial charge in [0, 0.05) is 28.5 Å². The number of anilines is 2. The zero-order valence-electron chi connectivity index (χ0n) is 12.4. The van der Waals surface area contributed by atoms with Crippen LogP contribution in [0.5, 0.6) is 0 Å². The van der Waals surface area contributed by atoms with Crippen molar-refractivity contribution in [3.05, 3.63) is 47.7 Å². The summed E-state index contributed by atoms with van der Waals surface area (Å²) in [4.78, 5) is 2.51. The van der Waals surface area contributed by atoms with Gasteiger partial charge in [0.2, 0.25) is 0 Å². The lowest BCUT2D eigenvalue weighted by molar-refractivity contribution is 0.427. The topological polar surface area (TPSA) is 55.3 Å². The molecule has 0 amide bonds. The van der Waals surface area contributed by atoms with Crippen LogP contribution in [0.3, 0.4) is 0 Å². The first-order chi connectivity index (χ1) is 9.41. The molecule has 2 atom stereocenters. The van der Waals surface area contributed by atoms with E-state index < -0.39 is 0 Å². The van der Waals surface area contributed by atoms with Crippen LogP contribution >= 0.6 is 0 Å². The number of allylic oxidation sites excluding steroid dienone is 1. The van der Waals surface area contributed by atoms with E-state index in [0.717, 1.165) is 17.8 Å². The van der Waals surface area contributed by atoms with Crippen molar-refractivity contribution in [2.75, 3.05) is 10.6 Å². The van der Waals surface area contributed by atoms with Crippen molar-refractivity contribution in [2.24, 2.45) is 5.73 Å². The van der Waals surface area contributed by atoms with E-state index in [9.17, 15) is 0 Å². The molecular weight excluding hydrogens is 246 g/mol. The smallest absolute Gasteiger partial charge is 0.0515 e. The van der Waals surface area contributed by atoms with Gasteiger partial charge in [0.05, 0.1) is 6.04 Å². The number of nitrogen functional groups attached to an aromatic ring is 1. The second-order valence-electron chi connectivity index (χ2n) is 6.45. The van der Waals surface area contributed by atoms with Crippen LogP contribution in [-0.4, -0.2) is 12.1 Å². The quantitative estimate of drug-likeness (QED) is 0.771. The van der Waals surface area contributed by atoms with Crippen LogP contribution < -0.4 is 16.4 Å². The van der Waals surface area contributed by atoms with Crippen LogP contribution in [0.2, 0.25) is 0 Å². The zero-order valence-corrected chi connectivity index (χ0v) is 12.4. The fraction of sp³-hybridized carbons (Fsp3) is 0.412. The fourth-order valence-corrected chi connectivity index (χ4v) is 3.37. The summed E-state index contributed by atoms with van der Waals surface area (Å²) in [7, 11) is 0. The summed E-state index contributed by atoms with van der Waals surface area (Å²) >= 11 is 0. The molecular formula is C17H23N3. The van der Waals surface area contributed by atoms with E-state index >= 15 is 0 Å². The predicted molar refractivity (Wildman–Crippen MR) is 85.6 cm³/mol. The van der Waals surface area contributed by atoms with Crippen molar-refractivity contribution in [1.29, 1.82) is 0 Å². The predicted octanol–water partition coefficient (Wildman–Crippen LogP) is 2.93. The Bertz CT molecular complexity index is 598. The molecule has 0 saturated heterocycles. The average Bonchev–Trinajstić information content (AvgIpc) is 2.60. The van der Waals surface area contributed by atoms with Crippen LogP contribution in [0.15, 0.2) is 42.1 Å². The molecule has 0 radical (unpaired) electrons. The van der Waals surface area contributed by atoms with Crippen molar-refractivity contribution in [3.63, 3.8) is 0 Å². The monoisotopic (exact) mass is 269 g/mol. The Labute approximate surface area is 120 Å². The Hall–Kier alpha value is -1.90. The highest BCUT2D eigenvalue weighted by Crippen LogP contribution is 2.47. The second kappa shape index (κ2) is 4.30. The van der Waals surface area contributed by atoms with Crippen LogP contribution in [0.4, 0.5) is 11.4 Å². The van der Waals surface area contributed by atoms with Gasteiger partial charge in [0.1, 0.15) is 0 Å². The summed E-state index contributed by atoms with van der Waals surface area (Å²) in [6.45, 7) is 6.89. The molecule has 1 aliphatic carbocycles. The summed E-state index contributed by atoms with van der Waals surface area (Å²) in [6.07, 6.45) is 7.31. The number of rotatable bonds is 1. The number of hydrogen-bond acceptors (Lipinski definition) is 3. The van der Waals surface area contributed by atoms with E-state index in [1.807, 2.05) is 12.1 Å². The summed E-state index contributed by atoms with van der Waals surface area (Å²) in [5, 5.41) is 0. The number of nitrogens with two attached hydrogens (primary N) is 2. The molecule has 3 heteroatoms. The lowest BCUT2D eigenvalue weighted by Crippen LogP contribution is -2.44. The van der Waals surface area contributed by atoms with Gasteiger partial charge in [-0.15, -0.1) is 0 Å². The van der Waals surface area contributed by atoms with Gasteiger partial charge < -0.3 is 16.4 Å². The first-order valence-electron chi connectivity index (χ1n) is 7.23. The fourth-order valence-electron chi connectivity index (χ4n) is 3.37. The minimum Gasteiger partial charge on any atom is -0.399 e. The zero-order chi connectivity index (χ0) is 14.5. The highest BCUT2D eigenvalue weighted by atomic mass is 15.2. The van der Waals surface area contributed by atoms with E-state index in [-0.39, 0.29) is 5.41 Å². The van der Waals surface area contributed by atoms with Crippen LogP contribution in [0, 0.1) is 0 Å². The largest absolute Gasteiger partial charge is 0.399 e. The standard InChI is InChI=1S/C17H23N3/c1-11-17(2,3)15-10-13(19)6-9-16(15)20(11)14-7-4-12(18)5-8-14/h4-7,9-11,14H,8,18-19H2,1-3H3. The maximum Gasteiger partial charge on any atom is 0.0515 e. The Kier molecular flexibility index (Phi) is 2.82. The molecule has 3 rings (SSSR count). The van der Waals surface area contributed by atoms with Crippen molar-refractivity contribution in [3.8, 4) is 0 Å². The lowest BCUT2D eigenvalue weighted by atomic mass is 9.81. The highest BCUT2D eigenvalue weighted by molar-refractivity contribution is 5.69. The Morgan fingerprint density at radius 1 is 1.25 bits per heavy atom. The third kappa shape index (κ3) is 1.80. The van der Waals surface area contributed by atoms with E-state index in [4.69, 9.17) is 11.5 Å². The summed E-state index contributed by atoms with van der Waals surface area (Å²) in [6, 6.07) is 7.09. The third-order valence-corrected chi connectivity index (χ3v) is 4.92. The maximum absolute atomic E-state index is 5.98. The number of hydrogen-bond donors (Lipinski definition) is 2. The Morgan fingerprint density at radius 3 is 2.65 bits per heavy atom. The molecule has 4 N–H and O–H groups in total. The van der Waals surface area contributed by atoms with Gasteiger partial charge >= 0.3 is 0 Å². The van der Waals surface area contributed by atoms with Crippen molar-refractivity contribution in [2.45, 2.75) is 44.7 Å². The van der Waals surface area contributed by atoms with Crippen molar-refractivity contribution < 1.29 is 0 Å². The van der Waals surface area contributed by atoms with Gasteiger partial charge in [0.25, 0.3) is 0 Å². The average molecular weight is 269 g/mol. The van der Waals surface area contributed by atoms with Gasteiger partial charge in [0.15, 0.2) is 0 Å². The van der Waals surface area contributed by atoms with Crippen LogP contribution in [-0.2, 0) is 5.41 Å². The highest BCUT2D eigenvalue weighted by Gasteiger charge is 2.43. The van der Waals surface area contributed by atoms with Gasteiger partial charge in [-0.2, -0.15) is 0 Å². The van der Waals surface area contributed by atoms with Crippen molar-refractivity contribution >= 4 is 11.4 Å². The molecule has 2 aliphatic rings. The molecule has 0 saturated carbocycles. The van der Waals surface area contributed by atoms with Gasteiger partial charge in [-0.3, -0.25) is 0 Å². The van der Waals surface area contributed by atoms with E-state index in [1.165, 1.54) is 11.3 Å². The van der Waals surface area contributed by atoms with E-state index in [0.29, 0.717) is 12.1 Å². The molecule has 1 heterocycles. The first kappa shape index (κ1) is 13.1. The Morgan fingerprint density at radius 2 is 2.00 bits per heavy atom. The molecule has 0 spiro atoms. The van der Waals surface area contributed by atoms with E-state index in [1.54, 1.807) is 0 Å². The molecule has 2 unspecified atom stereocenters. The normalized spacial score (nSPS) is 27.4. The SMILES string of the molecule is CC1N(C2C=CC(N)=CC2)c2ccc(N)cc2C1(C)C. The third-order valence-electron chi connectivity index (χ3n) is 4.92. The summed E-state index contributed by atoms with van der Waals surface area (Å²) in [5.41, 5.74) is 16.3. The van der Waals surface area contributed by atoms with Crippen molar-refractivity contribution in [1.82, 2.24) is 0 Å². The molecule has 1 aliphatic heterocycles. The number of nitrogens with zero attached hydrogens (tertiary/aromatic N) is 1. The molecule has 0 aromatic heterocycles. The molecule has 20 heavy (non-hydrogen) atoms. The molecule has 3 nitrogen and oxygen atoms in total. The second-order valence-corrected chi connectivity index (χ2v) is 6.45. The first-order valence-corrected chi connectivity index (χ1v) is 7.23. The minimum absolute atomic E-state index is 0.102. The minimum atomic E-state index is 0.102. The Balaban J connectivity index is 2.04. The lowest BCUT2D eigenvalue weighted by Gasteiger charge is -2.37. The summed E-state index contributed by atoms with van der Waals surface area (Å²) < 4.78 is 0.